The lowest BCUT2D eigenvalue weighted by Gasteiger charge is -2.04. The number of thiophene rings is 1. The lowest BCUT2D eigenvalue weighted by atomic mass is 10.0. The van der Waals surface area contributed by atoms with Crippen molar-refractivity contribution in [1.82, 2.24) is 0 Å². The van der Waals surface area contributed by atoms with Crippen LogP contribution in [0.1, 0.15) is 184 Å². The summed E-state index contributed by atoms with van der Waals surface area (Å²) >= 11 is 2.08. The van der Waals surface area contributed by atoms with Gasteiger partial charge in [-0.3, -0.25) is 0 Å². The topological polar surface area (TPSA) is 0 Å². The van der Waals surface area contributed by atoms with E-state index in [-0.39, 0.29) is 0 Å². The molecule has 1 heterocycles. The minimum atomic E-state index is 1.31. The maximum Gasteiger partial charge on any atom is 0.00481 e. The second-order valence-corrected chi connectivity index (χ2v) is 12.3. The van der Waals surface area contributed by atoms with Gasteiger partial charge in [0, 0.05) is 9.75 Å². The van der Waals surface area contributed by atoms with E-state index in [0.717, 1.165) is 0 Å². The van der Waals surface area contributed by atoms with E-state index in [1.54, 1.807) is 9.75 Å². The Morgan fingerprint density at radius 3 is 0.882 bits per heavy atom. The van der Waals surface area contributed by atoms with Crippen LogP contribution in [0.25, 0.3) is 0 Å². The molecule has 0 aromatic carbocycles. The Hall–Kier alpha value is -0.300. The van der Waals surface area contributed by atoms with Crippen LogP contribution in [-0.2, 0) is 12.8 Å². The molecule has 0 fully saturated rings. The molecule has 0 atom stereocenters. The summed E-state index contributed by atoms with van der Waals surface area (Å²) in [5.74, 6) is 0. The molecule has 0 spiro atoms. The summed E-state index contributed by atoms with van der Waals surface area (Å²) in [7, 11) is 0. The highest BCUT2D eigenvalue weighted by atomic mass is 32.1. The summed E-state index contributed by atoms with van der Waals surface area (Å²) in [6, 6.07) is 4.79. The summed E-state index contributed by atoms with van der Waals surface area (Å²) in [5.41, 5.74) is 0. The molecule has 0 amide bonds. The van der Waals surface area contributed by atoms with Crippen molar-refractivity contribution in [2.45, 2.75) is 187 Å². The van der Waals surface area contributed by atoms with Gasteiger partial charge in [0.15, 0.2) is 0 Å². The van der Waals surface area contributed by atoms with Crippen molar-refractivity contribution in [1.29, 1.82) is 0 Å². The van der Waals surface area contributed by atoms with Crippen LogP contribution in [0.4, 0.5) is 0 Å². The molecule has 0 aliphatic rings. The van der Waals surface area contributed by atoms with Crippen LogP contribution >= 0.6 is 11.3 Å². The fourth-order valence-corrected chi connectivity index (χ4v) is 6.25. The lowest BCUT2D eigenvalue weighted by Crippen LogP contribution is -1.85. The Balaban J connectivity index is 1.73. The van der Waals surface area contributed by atoms with Crippen LogP contribution in [-0.4, -0.2) is 0 Å². The van der Waals surface area contributed by atoms with Crippen molar-refractivity contribution in [3.63, 3.8) is 0 Å². The Kier molecular flexibility index (Phi) is 24.1. The van der Waals surface area contributed by atoms with Crippen molar-refractivity contribution >= 4 is 11.3 Å². The minimum absolute atomic E-state index is 1.31. The molecule has 0 radical (unpaired) electrons. The maximum atomic E-state index is 2.40. The van der Waals surface area contributed by atoms with Crippen molar-refractivity contribution in [3.8, 4) is 0 Å². The largest absolute Gasteiger partial charge is 0.145 e. The molecule has 0 aliphatic carbocycles. The predicted molar refractivity (Wildman–Crippen MR) is 158 cm³/mol. The van der Waals surface area contributed by atoms with Gasteiger partial charge in [0.2, 0.25) is 0 Å². The van der Waals surface area contributed by atoms with E-state index in [2.05, 4.69) is 37.3 Å². The van der Waals surface area contributed by atoms with Crippen molar-refractivity contribution < 1.29 is 0 Å². The fourth-order valence-electron chi connectivity index (χ4n) is 5.15. The number of aryl methyl sites for hydroxylation is 2. The van der Waals surface area contributed by atoms with E-state index in [1.807, 2.05) is 0 Å². The van der Waals surface area contributed by atoms with Crippen LogP contribution in [0, 0.1) is 0 Å². The maximum absolute atomic E-state index is 2.40. The van der Waals surface area contributed by atoms with Crippen molar-refractivity contribution in [2.75, 3.05) is 0 Å². The van der Waals surface area contributed by atoms with E-state index < -0.39 is 0 Å². The molecular formula is C33H62S. The monoisotopic (exact) mass is 490 g/mol. The summed E-state index contributed by atoms with van der Waals surface area (Å²) in [6.45, 7) is 4.60. The fraction of sp³-hybridized carbons (Fsp3) is 0.879. The summed E-state index contributed by atoms with van der Waals surface area (Å²) in [6.07, 6.45) is 38.9. The number of hydrogen-bond acceptors (Lipinski definition) is 1. The summed E-state index contributed by atoms with van der Waals surface area (Å²) in [4.78, 5) is 3.25. The first-order chi connectivity index (χ1) is 16.9. The van der Waals surface area contributed by atoms with Gasteiger partial charge in [-0.25, -0.2) is 0 Å². The van der Waals surface area contributed by atoms with Crippen LogP contribution < -0.4 is 0 Å². The zero-order chi connectivity index (χ0) is 24.4. The third kappa shape index (κ3) is 21.0. The van der Waals surface area contributed by atoms with E-state index in [1.165, 1.54) is 173 Å². The first-order valence-electron chi connectivity index (χ1n) is 15.9. The average Bonchev–Trinajstić information content (AvgIpc) is 3.30. The quantitative estimate of drug-likeness (QED) is 0.108. The highest BCUT2D eigenvalue weighted by Gasteiger charge is 2.01. The standard InChI is InChI=1S/C33H62S/c1-3-5-7-9-10-11-12-13-14-15-16-17-18-19-20-21-22-23-24-25-27-29-33-31-30-32(34-33)28-26-8-6-4-2/h30-31H,3-29H2,1-2H3. The molecule has 200 valence electrons. The van der Waals surface area contributed by atoms with Gasteiger partial charge in [-0.05, 0) is 37.8 Å². The molecule has 1 aromatic rings. The van der Waals surface area contributed by atoms with Crippen LogP contribution in [0.2, 0.25) is 0 Å². The minimum Gasteiger partial charge on any atom is -0.145 e. The van der Waals surface area contributed by atoms with Gasteiger partial charge in [0.25, 0.3) is 0 Å². The normalized spacial score (nSPS) is 11.5. The number of rotatable bonds is 27. The van der Waals surface area contributed by atoms with Gasteiger partial charge in [0.1, 0.15) is 0 Å². The third-order valence-corrected chi connectivity index (χ3v) is 8.73. The molecular weight excluding hydrogens is 428 g/mol. The molecule has 0 unspecified atom stereocenters. The zero-order valence-electron chi connectivity index (χ0n) is 23.7. The highest BCUT2D eigenvalue weighted by Crippen LogP contribution is 2.22. The van der Waals surface area contributed by atoms with Gasteiger partial charge in [0.05, 0.1) is 0 Å². The van der Waals surface area contributed by atoms with Gasteiger partial charge in [-0.2, -0.15) is 0 Å². The van der Waals surface area contributed by atoms with Crippen molar-refractivity contribution in [3.05, 3.63) is 21.9 Å². The zero-order valence-corrected chi connectivity index (χ0v) is 24.5. The van der Waals surface area contributed by atoms with E-state index in [0.29, 0.717) is 0 Å². The highest BCUT2D eigenvalue weighted by molar-refractivity contribution is 7.11. The molecule has 0 aliphatic heterocycles. The molecule has 0 nitrogen and oxygen atoms in total. The lowest BCUT2D eigenvalue weighted by molar-refractivity contribution is 0.520. The van der Waals surface area contributed by atoms with Gasteiger partial charge in [-0.15, -0.1) is 11.3 Å². The van der Waals surface area contributed by atoms with Crippen LogP contribution in [0.5, 0.6) is 0 Å². The Morgan fingerprint density at radius 1 is 0.353 bits per heavy atom. The number of unbranched alkanes of at least 4 members (excludes halogenated alkanes) is 23. The van der Waals surface area contributed by atoms with Gasteiger partial charge < -0.3 is 0 Å². The van der Waals surface area contributed by atoms with E-state index >= 15 is 0 Å². The predicted octanol–water partition coefficient (Wildman–Crippen LogP) is 12.6. The number of hydrogen-bond donors (Lipinski definition) is 0. The third-order valence-electron chi connectivity index (χ3n) is 7.52. The van der Waals surface area contributed by atoms with Gasteiger partial charge in [-0.1, -0.05) is 162 Å². The molecule has 1 rings (SSSR count). The molecule has 0 N–H and O–H groups in total. The van der Waals surface area contributed by atoms with Gasteiger partial charge >= 0.3 is 0 Å². The van der Waals surface area contributed by atoms with E-state index in [9.17, 15) is 0 Å². The van der Waals surface area contributed by atoms with E-state index in [4.69, 9.17) is 0 Å². The van der Waals surface area contributed by atoms with Crippen LogP contribution in [0.15, 0.2) is 12.1 Å². The summed E-state index contributed by atoms with van der Waals surface area (Å²) < 4.78 is 0. The van der Waals surface area contributed by atoms with Crippen LogP contribution in [0.3, 0.4) is 0 Å². The second-order valence-electron chi connectivity index (χ2n) is 11.0. The van der Waals surface area contributed by atoms with Crippen molar-refractivity contribution in [2.24, 2.45) is 0 Å². The molecule has 0 saturated heterocycles. The first kappa shape index (κ1) is 31.7. The second kappa shape index (κ2) is 25.8. The SMILES string of the molecule is CCCCCCCCCCCCCCCCCCCCCCCc1ccc(CCCCCC)s1. The Morgan fingerprint density at radius 2 is 0.588 bits per heavy atom. The molecule has 1 aromatic heterocycles. The molecule has 0 saturated carbocycles. The first-order valence-corrected chi connectivity index (χ1v) is 16.8. The summed E-state index contributed by atoms with van der Waals surface area (Å²) in [5, 5.41) is 0. The molecule has 34 heavy (non-hydrogen) atoms. The Labute approximate surface area is 220 Å². The molecule has 0 bridgehead atoms. The molecule has 1 heteroatoms. The smallest absolute Gasteiger partial charge is 0.00481 e. The Bertz CT molecular complexity index is 502. The average molecular weight is 491 g/mol.